The Labute approximate surface area is 122 Å². The fourth-order valence-electron chi connectivity index (χ4n) is 2.79. The summed E-state index contributed by atoms with van der Waals surface area (Å²) in [5.74, 6) is 0.435. The van der Waals surface area contributed by atoms with Crippen LogP contribution in [0.4, 0.5) is 13.2 Å². The van der Waals surface area contributed by atoms with Crippen molar-refractivity contribution in [3.05, 3.63) is 12.7 Å². The number of halogens is 3. The second kappa shape index (κ2) is 7.22. The monoisotopic (exact) mass is 305 g/mol. The molecule has 0 amide bonds. The third-order valence-electron chi connectivity index (χ3n) is 4.02. The van der Waals surface area contributed by atoms with Crippen LogP contribution in [0.25, 0.3) is 0 Å². The van der Waals surface area contributed by atoms with E-state index in [0.717, 1.165) is 25.9 Å². The topological polar surface area (TPSA) is 46.0 Å². The third-order valence-corrected chi connectivity index (χ3v) is 4.02. The number of likely N-dealkylation sites (tertiary alicyclic amines) is 1. The Morgan fingerprint density at radius 1 is 1.33 bits per heavy atom. The van der Waals surface area contributed by atoms with Crippen LogP contribution in [0.3, 0.4) is 0 Å². The summed E-state index contributed by atoms with van der Waals surface area (Å²) in [4.78, 5) is 5.37. The van der Waals surface area contributed by atoms with E-state index in [1.807, 2.05) is 0 Å². The lowest BCUT2D eigenvalue weighted by molar-refractivity contribution is -0.148. The number of nitrogens with zero attached hydrogens (tertiary/aromatic N) is 4. The Morgan fingerprint density at radius 3 is 2.62 bits per heavy atom. The fraction of sp³-hybridized carbons (Fsp3) is 0.846. The first kappa shape index (κ1) is 16.2. The molecule has 1 atom stereocenters. The molecule has 21 heavy (non-hydrogen) atoms. The second-order valence-corrected chi connectivity index (χ2v) is 5.63. The Hall–Kier alpha value is -1.15. The van der Waals surface area contributed by atoms with E-state index in [1.165, 1.54) is 11.2 Å². The average Bonchev–Trinajstić information content (AvgIpc) is 2.91. The molecule has 2 heterocycles. The van der Waals surface area contributed by atoms with Gasteiger partial charge in [0.15, 0.2) is 0 Å². The minimum Gasteiger partial charge on any atom is -0.312 e. The fourth-order valence-corrected chi connectivity index (χ4v) is 2.79. The molecule has 0 radical (unpaired) electrons. The standard InChI is InChI=1S/C13H22F3N5/c1-11(18-4-7-21-10-17-9-19-21)12-2-5-20(6-3-12)8-13(14,15)16/h9-12,18H,2-8H2,1H3. The van der Waals surface area contributed by atoms with Crippen LogP contribution in [-0.2, 0) is 6.54 Å². The molecular formula is C13H22F3N5. The molecule has 1 saturated heterocycles. The van der Waals surface area contributed by atoms with Crippen molar-refractivity contribution in [3.63, 3.8) is 0 Å². The van der Waals surface area contributed by atoms with Gasteiger partial charge in [-0.1, -0.05) is 0 Å². The van der Waals surface area contributed by atoms with E-state index < -0.39 is 12.7 Å². The van der Waals surface area contributed by atoms with Crippen molar-refractivity contribution in [1.29, 1.82) is 0 Å². The number of nitrogens with one attached hydrogen (secondary N) is 1. The maximum atomic E-state index is 12.3. The number of piperidine rings is 1. The molecule has 5 nitrogen and oxygen atoms in total. The van der Waals surface area contributed by atoms with Crippen molar-refractivity contribution in [2.45, 2.75) is 38.5 Å². The Bertz CT molecular complexity index is 398. The smallest absolute Gasteiger partial charge is 0.312 e. The van der Waals surface area contributed by atoms with Crippen LogP contribution in [0.1, 0.15) is 19.8 Å². The minimum atomic E-state index is -4.09. The molecule has 1 aromatic rings. The van der Waals surface area contributed by atoms with Crippen molar-refractivity contribution in [3.8, 4) is 0 Å². The lowest BCUT2D eigenvalue weighted by Gasteiger charge is -2.35. The van der Waals surface area contributed by atoms with Gasteiger partial charge in [0.25, 0.3) is 0 Å². The molecule has 1 fully saturated rings. The lowest BCUT2D eigenvalue weighted by atomic mass is 9.90. The zero-order chi connectivity index (χ0) is 15.3. The van der Waals surface area contributed by atoms with Crippen LogP contribution in [0.15, 0.2) is 12.7 Å². The molecule has 0 aromatic carbocycles. The summed E-state index contributed by atoms with van der Waals surface area (Å²) in [6.45, 7) is 3.91. The first-order chi connectivity index (χ1) is 9.94. The number of hydrogen-bond donors (Lipinski definition) is 1. The lowest BCUT2D eigenvalue weighted by Crippen LogP contribution is -2.45. The predicted molar refractivity (Wildman–Crippen MR) is 72.7 cm³/mol. The molecular weight excluding hydrogens is 283 g/mol. The van der Waals surface area contributed by atoms with E-state index in [1.54, 1.807) is 11.0 Å². The summed E-state index contributed by atoms with van der Waals surface area (Å²) < 4.78 is 38.7. The first-order valence-corrected chi connectivity index (χ1v) is 7.29. The van der Waals surface area contributed by atoms with E-state index in [0.29, 0.717) is 25.0 Å². The summed E-state index contributed by atoms with van der Waals surface area (Å²) in [5.41, 5.74) is 0. The molecule has 0 bridgehead atoms. The van der Waals surface area contributed by atoms with Gasteiger partial charge in [-0.15, -0.1) is 0 Å². The van der Waals surface area contributed by atoms with E-state index in [9.17, 15) is 13.2 Å². The van der Waals surface area contributed by atoms with E-state index in [2.05, 4.69) is 22.3 Å². The highest BCUT2D eigenvalue weighted by atomic mass is 19.4. The van der Waals surface area contributed by atoms with Crippen LogP contribution in [0.5, 0.6) is 0 Å². The maximum Gasteiger partial charge on any atom is 0.401 e. The molecule has 0 aliphatic carbocycles. The largest absolute Gasteiger partial charge is 0.401 e. The number of aromatic nitrogens is 3. The van der Waals surface area contributed by atoms with Crippen molar-refractivity contribution >= 4 is 0 Å². The van der Waals surface area contributed by atoms with Gasteiger partial charge in [0.2, 0.25) is 0 Å². The van der Waals surface area contributed by atoms with Crippen LogP contribution in [-0.4, -0.2) is 58.1 Å². The van der Waals surface area contributed by atoms with Gasteiger partial charge >= 0.3 is 6.18 Å². The van der Waals surface area contributed by atoms with Gasteiger partial charge in [0.05, 0.1) is 13.1 Å². The average molecular weight is 305 g/mol. The van der Waals surface area contributed by atoms with Crippen LogP contribution < -0.4 is 5.32 Å². The SMILES string of the molecule is CC(NCCn1cncn1)C1CCN(CC(F)(F)F)CC1. The van der Waals surface area contributed by atoms with E-state index in [4.69, 9.17) is 0 Å². The Kier molecular flexibility index (Phi) is 5.58. The van der Waals surface area contributed by atoms with E-state index >= 15 is 0 Å². The number of hydrogen-bond acceptors (Lipinski definition) is 4. The van der Waals surface area contributed by atoms with Crippen molar-refractivity contribution < 1.29 is 13.2 Å². The highest BCUT2D eigenvalue weighted by molar-refractivity contribution is 4.80. The molecule has 0 spiro atoms. The van der Waals surface area contributed by atoms with Crippen molar-refractivity contribution in [1.82, 2.24) is 25.0 Å². The van der Waals surface area contributed by atoms with Gasteiger partial charge in [-0.3, -0.25) is 9.58 Å². The molecule has 1 aromatic heterocycles. The van der Waals surface area contributed by atoms with Crippen molar-refractivity contribution in [2.75, 3.05) is 26.2 Å². The van der Waals surface area contributed by atoms with E-state index in [-0.39, 0.29) is 0 Å². The van der Waals surface area contributed by atoms with Crippen LogP contribution >= 0.6 is 0 Å². The zero-order valence-corrected chi connectivity index (χ0v) is 12.2. The summed E-state index contributed by atoms with van der Waals surface area (Å²) >= 11 is 0. The van der Waals surface area contributed by atoms with Gasteiger partial charge in [0, 0.05) is 12.6 Å². The summed E-state index contributed by atoms with van der Waals surface area (Å²) in [7, 11) is 0. The summed E-state index contributed by atoms with van der Waals surface area (Å²) in [6.07, 6.45) is 0.706. The quantitative estimate of drug-likeness (QED) is 0.866. The maximum absolute atomic E-state index is 12.3. The molecule has 8 heteroatoms. The zero-order valence-electron chi connectivity index (χ0n) is 12.2. The van der Waals surface area contributed by atoms with Gasteiger partial charge in [0.1, 0.15) is 12.7 Å². The number of rotatable bonds is 6. The molecule has 1 aliphatic heterocycles. The number of alkyl halides is 3. The predicted octanol–water partition coefficient (Wildman–Crippen LogP) is 1.53. The van der Waals surface area contributed by atoms with Gasteiger partial charge in [-0.2, -0.15) is 18.3 Å². The molecule has 1 aliphatic rings. The Balaban J connectivity index is 1.64. The molecule has 1 N–H and O–H groups in total. The highest BCUT2D eigenvalue weighted by Gasteiger charge is 2.33. The Morgan fingerprint density at radius 2 is 2.05 bits per heavy atom. The molecule has 0 saturated carbocycles. The molecule has 1 unspecified atom stereocenters. The van der Waals surface area contributed by atoms with Gasteiger partial charge in [-0.25, -0.2) is 4.98 Å². The summed E-state index contributed by atoms with van der Waals surface area (Å²) in [6, 6.07) is 0.307. The summed E-state index contributed by atoms with van der Waals surface area (Å²) in [5, 5.41) is 7.45. The second-order valence-electron chi connectivity index (χ2n) is 5.63. The molecule has 120 valence electrons. The van der Waals surface area contributed by atoms with Gasteiger partial charge < -0.3 is 5.32 Å². The van der Waals surface area contributed by atoms with Crippen LogP contribution in [0.2, 0.25) is 0 Å². The van der Waals surface area contributed by atoms with Crippen LogP contribution in [0, 0.1) is 5.92 Å². The normalized spacial score (nSPS) is 19.8. The minimum absolute atomic E-state index is 0.307. The highest BCUT2D eigenvalue weighted by Crippen LogP contribution is 2.24. The van der Waals surface area contributed by atoms with Crippen molar-refractivity contribution in [2.24, 2.45) is 5.92 Å². The first-order valence-electron chi connectivity index (χ1n) is 7.29. The van der Waals surface area contributed by atoms with Gasteiger partial charge in [-0.05, 0) is 38.8 Å². The third kappa shape index (κ3) is 5.62. The molecule has 2 rings (SSSR count).